The van der Waals surface area contributed by atoms with Crippen molar-refractivity contribution in [3.63, 3.8) is 0 Å². The second-order valence-electron chi connectivity index (χ2n) is 3.89. The maximum atomic E-state index is 13.5. The molecule has 2 N–H and O–H groups in total. The molecule has 0 unspecified atom stereocenters. The summed E-state index contributed by atoms with van der Waals surface area (Å²) in [5, 5.41) is 9.37. The lowest BCUT2D eigenvalue weighted by Gasteiger charge is -1.96. The second kappa shape index (κ2) is 3.80. The number of nitrogens with zero attached hydrogens (tertiary/aromatic N) is 1. The molecule has 1 heterocycles. The Morgan fingerprint density at radius 3 is 2.72 bits per heavy atom. The van der Waals surface area contributed by atoms with Crippen LogP contribution in [0.25, 0.3) is 22.4 Å². The summed E-state index contributed by atoms with van der Waals surface area (Å²) in [6.45, 7) is 0. The van der Waals surface area contributed by atoms with Crippen LogP contribution in [-0.2, 0) is 0 Å². The molecule has 0 bridgehead atoms. The quantitative estimate of drug-likeness (QED) is 0.692. The number of aromatic nitrogens is 2. The van der Waals surface area contributed by atoms with Gasteiger partial charge in [-0.15, -0.1) is 0 Å². The predicted molar refractivity (Wildman–Crippen MR) is 63.1 cm³/mol. The first-order valence-corrected chi connectivity index (χ1v) is 5.28. The van der Waals surface area contributed by atoms with E-state index in [-0.39, 0.29) is 11.3 Å². The summed E-state index contributed by atoms with van der Waals surface area (Å²) in [6, 6.07) is 8.84. The fraction of sp³-hybridized carbons (Fsp3) is 0. The summed E-state index contributed by atoms with van der Waals surface area (Å²) in [5.74, 6) is -1.45. The van der Waals surface area contributed by atoms with Gasteiger partial charge in [-0.1, -0.05) is 12.1 Å². The Balaban J connectivity index is 2.23. The van der Waals surface area contributed by atoms with Crippen LogP contribution in [0.1, 0.15) is 0 Å². The molecule has 18 heavy (non-hydrogen) atoms. The molecule has 0 saturated carbocycles. The molecule has 3 aromatic rings. The molecule has 0 fully saturated rings. The van der Waals surface area contributed by atoms with E-state index in [1.165, 1.54) is 18.2 Å². The molecular formula is C13H8F2N2O. The average molecular weight is 246 g/mol. The van der Waals surface area contributed by atoms with E-state index in [4.69, 9.17) is 0 Å². The summed E-state index contributed by atoms with van der Waals surface area (Å²) in [7, 11) is 0. The highest BCUT2D eigenvalue weighted by Gasteiger charge is 2.12. The molecule has 0 spiro atoms. The summed E-state index contributed by atoms with van der Waals surface area (Å²) in [5.41, 5.74) is 0.964. The van der Waals surface area contributed by atoms with Gasteiger partial charge in [0.25, 0.3) is 0 Å². The molecular weight excluding hydrogens is 238 g/mol. The van der Waals surface area contributed by atoms with Crippen molar-refractivity contribution >= 4 is 11.0 Å². The molecule has 0 atom stereocenters. The number of H-pyrrole nitrogens is 1. The number of rotatable bonds is 1. The molecule has 0 aliphatic carbocycles. The van der Waals surface area contributed by atoms with Gasteiger partial charge in [-0.25, -0.2) is 13.8 Å². The van der Waals surface area contributed by atoms with E-state index >= 15 is 0 Å². The second-order valence-corrected chi connectivity index (χ2v) is 3.89. The van der Waals surface area contributed by atoms with Crippen LogP contribution in [0, 0.1) is 11.6 Å². The highest BCUT2D eigenvalue weighted by molar-refractivity contribution is 5.80. The van der Waals surface area contributed by atoms with Crippen molar-refractivity contribution in [1.29, 1.82) is 0 Å². The number of hydrogen-bond acceptors (Lipinski definition) is 2. The van der Waals surface area contributed by atoms with Gasteiger partial charge in [0.2, 0.25) is 0 Å². The molecule has 0 aliphatic heterocycles. The van der Waals surface area contributed by atoms with Crippen molar-refractivity contribution in [2.75, 3.05) is 0 Å². The summed E-state index contributed by atoms with van der Waals surface area (Å²) >= 11 is 0. The topological polar surface area (TPSA) is 48.9 Å². The van der Waals surface area contributed by atoms with Gasteiger partial charge < -0.3 is 10.1 Å². The minimum atomic E-state index is -0.977. The van der Waals surface area contributed by atoms with Gasteiger partial charge in [-0.05, 0) is 24.3 Å². The summed E-state index contributed by atoms with van der Waals surface area (Å²) in [4.78, 5) is 6.88. The lowest BCUT2D eigenvalue weighted by Crippen LogP contribution is -1.84. The van der Waals surface area contributed by atoms with E-state index in [1.54, 1.807) is 12.1 Å². The van der Waals surface area contributed by atoms with Crippen LogP contribution >= 0.6 is 0 Å². The van der Waals surface area contributed by atoms with Crippen LogP contribution in [0.3, 0.4) is 0 Å². The predicted octanol–water partition coefficient (Wildman–Crippen LogP) is 3.21. The molecule has 90 valence electrons. The van der Waals surface area contributed by atoms with Crippen molar-refractivity contribution in [2.24, 2.45) is 0 Å². The number of aromatic amines is 1. The Hall–Kier alpha value is -2.43. The number of phenolic OH excluding ortho intramolecular Hbond substituents is 1. The lowest BCUT2D eigenvalue weighted by molar-refractivity contribution is 0.475. The maximum absolute atomic E-state index is 13.5. The first-order valence-electron chi connectivity index (χ1n) is 5.28. The molecule has 0 radical (unpaired) electrons. The largest absolute Gasteiger partial charge is 0.508 e. The first kappa shape index (κ1) is 10.7. The Morgan fingerprint density at radius 1 is 1.11 bits per heavy atom. The van der Waals surface area contributed by atoms with Gasteiger partial charge in [-0.2, -0.15) is 0 Å². The van der Waals surface area contributed by atoms with Crippen LogP contribution in [0.5, 0.6) is 5.75 Å². The molecule has 3 nitrogen and oxygen atoms in total. The third-order valence-electron chi connectivity index (χ3n) is 2.67. The first-order chi connectivity index (χ1) is 8.65. The number of fused-ring (bicyclic) bond motifs is 1. The third-order valence-corrected chi connectivity index (χ3v) is 2.67. The third kappa shape index (κ3) is 1.60. The zero-order chi connectivity index (χ0) is 12.7. The van der Waals surface area contributed by atoms with E-state index in [0.717, 1.165) is 6.07 Å². The molecule has 1 aromatic heterocycles. The zero-order valence-corrected chi connectivity index (χ0v) is 9.11. The van der Waals surface area contributed by atoms with Crippen LogP contribution in [0.4, 0.5) is 8.78 Å². The number of nitrogens with one attached hydrogen (secondary N) is 1. The molecule has 0 amide bonds. The lowest BCUT2D eigenvalue weighted by atomic mass is 10.2. The zero-order valence-electron chi connectivity index (χ0n) is 9.11. The molecule has 0 saturated heterocycles. The van der Waals surface area contributed by atoms with Crippen molar-refractivity contribution in [1.82, 2.24) is 9.97 Å². The van der Waals surface area contributed by atoms with Crippen LogP contribution < -0.4 is 0 Å². The van der Waals surface area contributed by atoms with E-state index < -0.39 is 11.6 Å². The van der Waals surface area contributed by atoms with E-state index in [9.17, 15) is 13.9 Å². The van der Waals surface area contributed by atoms with Crippen molar-refractivity contribution in [3.8, 4) is 17.1 Å². The molecule has 5 heteroatoms. The Bertz CT molecular complexity index is 737. The number of phenols is 1. The van der Waals surface area contributed by atoms with Gasteiger partial charge in [0, 0.05) is 5.56 Å². The van der Waals surface area contributed by atoms with Crippen molar-refractivity contribution in [3.05, 3.63) is 48.0 Å². The van der Waals surface area contributed by atoms with Gasteiger partial charge in [0.05, 0.1) is 5.52 Å². The number of hydrogen-bond donors (Lipinski definition) is 2. The van der Waals surface area contributed by atoms with Crippen LogP contribution in [0.15, 0.2) is 36.4 Å². The number of benzene rings is 2. The fourth-order valence-corrected chi connectivity index (χ4v) is 1.81. The van der Waals surface area contributed by atoms with Gasteiger partial charge >= 0.3 is 0 Å². The van der Waals surface area contributed by atoms with E-state index in [1.807, 2.05) is 0 Å². The molecule has 3 rings (SSSR count). The van der Waals surface area contributed by atoms with E-state index in [2.05, 4.69) is 9.97 Å². The minimum absolute atomic E-state index is 0.0478. The highest BCUT2D eigenvalue weighted by atomic mass is 19.2. The molecule has 0 aliphatic rings. The maximum Gasteiger partial charge on any atom is 0.186 e. The van der Waals surface area contributed by atoms with Crippen molar-refractivity contribution < 1.29 is 13.9 Å². The number of halogens is 2. The summed E-state index contributed by atoms with van der Waals surface area (Å²) in [6.07, 6.45) is 0. The highest BCUT2D eigenvalue weighted by Crippen LogP contribution is 2.25. The molecule has 2 aromatic carbocycles. The monoisotopic (exact) mass is 246 g/mol. The normalized spacial score (nSPS) is 11.0. The van der Waals surface area contributed by atoms with Gasteiger partial charge in [0.1, 0.15) is 17.1 Å². The fourth-order valence-electron chi connectivity index (χ4n) is 1.81. The Morgan fingerprint density at radius 2 is 1.94 bits per heavy atom. The number of aromatic hydroxyl groups is 1. The average Bonchev–Trinajstić information content (AvgIpc) is 2.79. The van der Waals surface area contributed by atoms with Crippen LogP contribution in [0.2, 0.25) is 0 Å². The van der Waals surface area contributed by atoms with Crippen molar-refractivity contribution in [2.45, 2.75) is 0 Å². The summed E-state index contributed by atoms with van der Waals surface area (Å²) < 4.78 is 26.6. The Labute approximate surface area is 101 Å². The SMILES string of the molecule is Oc1cccc(-c2nc3c(F)c(F)ccc3[nH]2)c1. The Kier molecular flexibility index (Phi) is 2.26. The minimum Gasteiger partial charge on any atom is -0.508 e. The van der Waals surface area contributed by atoms with E-state index in [0.29, 0.717) is 16.9 Å². The standard InChI is InChI=1S/C13H8F2N2O/c14-9-4-5-10-12(11(9)15)17-13(16-10)7-2-1-3-8(18)6-7/h1-6,18H,(H,16,17). The van der Waals surface area contributed by atoms with Gasteiger partial charge in [-0.3, -0.25) is 0 Å². The number of imidazole rings is 1. The van der Waals surface area contributed by atoms with Crippen LogP contribution in [-0.4, -0.2) is 15.1 Å². The van der Waals surface area contributed by atoms with Gasteiger partial charge in [0.15, 0.2) is 11.6 Å². The smallest absolute Gasteiger partial charge is 0.186 e.